The number of primary amides is 1. The molecule has 2 aromatic rings. The third-order valence-electron chi connectivity index (χ3n) is 4.13. The predicted molar refractivity (Wildman–Crippen MR) is 84.7 cm³/mol. The summed E-state index contributed by atoms with van der Waals surface area (Å²) in [4.78, 5) is 23.9. The molecule has 2 heterocycles. The molecule has 25 heavy (non-hydrogen) atoms. The summed E-state index contributed by atoms with van der Waals surface area (Å²) in [5.74, 6) is -1.93. The van der Waals surface area contributed by atoms with Gasteiger partial charge in [-0.25, -0.2) is 4.39 Å². The van der Waals surface area contributed by atoms with Crippen LogP contribution in [0.5, 0.6) is 0 Å². The lowest BCUT2D eigenvalue weighted by Crippen LogP contribution is -2.33. The topological polar surface area (TPSA) is 135 Å². The Hall–Kier alpha value is -2.04. The maximum absolute atomic E-state index is 13.8. The van der Waals surface area contributed by atoms with Gasteiger partial charge >= 0.3 is 0 Å². The number of amides is 1. The maximum Gasteiger partial charge on any atom is 0.254 e. The first-order chi connectivity index (χ1) is 11.8. The molecule has 1 aromatic heterocycles. The summed E-state index contributed by atoms with van der Waals surface area (Å²) in [7, 11) is 0. The van der Waals surface area contributed by atoms with Crippen LogP contribution in [0.4, 0.5) is 4.39 Å². The molecular formula is C15H14ClFN2O6. The van der Waals surface area contributed by atoms with Gasteiger partial charge in [-0.2, -0.15) is 0 Å². The molecule has 10 heteroatoms. The number of benzene rings is 1. The number of hydrogen-bond acceptors (Lipinski definition) is 6. The summed E-state index contributed by atoms with van der Waals surface area (Å²) in [6.45, 7) is -0.565. The van der Waals surface area contributed by atoms with E-state index in [1.807, 2.05) is 0 Å². The van der Waals surface area contributed by atoms with Crippen molar-refractivity contribution in [3.63, 3.8) is 0 Å². The summed E-state index contributed by atoms with van der Waals surface area (Å²) in [6.07, 6.45) is -4.18. The molecule has 8 nitrogen and oxygen atoms in total. The van der Waals surface area contributed by atoms with E-state index < -0.39 is 53.9 Å². The van der Waals surface area contributed by atoms with Gasteiger partial charge in [-0.05, 0) is 12.1 Å². The minimum Gasteiger partial charge on any atom is -0.394 e. The molecule has 1 fully saturated rings. The smallest absolute Gasteiger partial charge is 0.254 e. The van der Waals surface area contributed by atoms with Crippen molar-refractivity contribution in [2.75, 3.05) is 6.61 Å². The van der Waals surface area contributed by atoms with Crippen molar-refractivity contribution in [2.45, 2.75) is 24.5 Å². The molecule has 1 aliphatic rings. The van der Waals surface area contributed by atoms with Gasteiger partial charge in [0, 0.05) is 11.6 Å². The highest BCUT2D eigenvalue weighted by Crippen LogP contribution is 2.32. The number of aliphatic hydroxyl groups is 3. The maximum atomic E-state index is 13.8. The molecule has 0 bridgehead atoms. The first kappa shape index (κ1) is 17.8. The van der Waals surface area contributed by atoms with Crippen molar-refractivity contribution < 1.29 is 29.2 Å². The quantitative estimate of drug-likeness (QED) is 0.574. The highest BCUT2D eigenvalue weighted by Gasteiger charge is 2.43. The number of pyridine rings is 1. The van der Waals surface area contributed by atoms with Crippen LogP contribution in [0.1, 0.15) is 16.6 Å². The zero-order valence-electron chi connectivity index (χ0n) is 12.6. The Morgan fingerprint density at radius 1 is 1.36 bits per heavy atom. The average molecular weight is 373 g/mol. The number of carbonyl (C=O) groups is 1. The highest BCUT2D eigenvalue weighted by atomic mass is 35.5. The number of aliphatic hydroxyl groups excluding tert-OH is 3. The Morgan fingerprint density at radius 3 is 2.60 bits per heavy atom. The highest BCUT2D eigenvalue weighted by molar-refractivity contribution is 6.31. The van der Waals surface area contributed by atoms with Gasteiger partial charge in [0.05, 0.1) is 17.1 Å². The molecule has 0 spiro atoms. The van der Waals surface area contributed by atoms with Crippen LogP contribution in [0.15, 0.2) is 23.1 Å². The third-order valence-corrected chi connectivity index (χ3v) is 4.42. The number of carbonyl (C=O) groups excluding carboxylic acids is 1. The summed E-state index contributed by atoms with van der Waals surface area (Å²) in [5, 5.41) is 28.8. The predicted octanol–water partition coefficient (Wildman–Crippen LogP) is -0.496. The zero-order valence-corrected chi connectivity index (χ0v) is 13.4. The van der Waals surface area contributed by atoms with Crippen LogP contribution in [-0.4, -0.2) is 50.7 Å². The van der Waals surface area contributed by atoms with Crippen LogP contribution in [0.3, 0.4) is 0 Å². The third kappa shape index (κ3) is 2.79. The van der Waals surface area contributed by atoms with Gasteiger partial charge < -0.3 is 30.4 Å². The van der Waals surface area contributed by atoms with Crippen LogP contribution < -0.4 is 11.2 Å². The minimum absolute atomic E-state index is 0.0660. The Balaban J connectivity index is 2.31. The van der Waals surface area contributed by atoms with E-state index in [4.69, 9.17) is 22.1 Å². The number of fused-ring (bicyclic) bond motifs is 1. The normalized spacial score (nSPS) is 26.3. The number of halogens is 2. The number of hydrogen-bond donors (Lipinski definition) is 4. The molecule has 0 saturated carbocycles. The summed E-state index contributed by atoms with van der Waals surface area (Å²) < 4.78 is 20.3. The van der Waals surface area contributed by atoms with Crippen molar-refractivity contribution in [3.05, 3.63) is 45.0 Å². The number of ether oxygens (including phenoxy) is 1. The van der Waals surface area contributed by atoms with E-state index in [9.17, 15) is 29.3 Å². The van der Waals surface area contributed by atoms with E-state index >= 15 is 0 Å². The first-order valence-electron chi connectivity index (χ1n) is 7.22. The molecule has 1 aliphatic heterocycles. The molecule has 4 atom stereocenters. The fraction of sp³-hybridized carbons (Fsp3) is 0.333. The first-order valence-corrected chi connectivity index (χ1v) is 7.60. The molecule has 0 unspecified atom stereocenters. The van der Waals surface area contributed by atoms with Gasteiger partial charge in [0.25, 0.3) is 5.91 Å². The van der Waals surface area contributed by atoms with Gasteiger partial charge in [0.15, 0.2) is 6.23 Å². The largest absolute Gasteiger partial charge is 0.394 e. The molecule has 1 aromatic carbocycles. The molecule has 0 aliphatic carbocycles. The van der Waals surface area contributed by atoms with Gasteiger partial charge in [-0.1, -0.05) is 11.6 Å². The Morgan fingerprint density at radius 2 is 2.04 bits per heavy atom. The molecule has 134 valence electrons. The second kappa shape index (κ2) is 6.36. The van der Waals surface area contributed by atoms with Crippen LogP contribution >= 0.6 is 11.6 Å². The van der Waals surface area contributed by atoms with Crippen molar-refractivity contribution in [1.29, 1.82) is 0 Å². The molecule has 1 amide bonds. The number of nitrogens with two attached hydrogens (primary N) is 1. The summed E-state index contributed by atoms with van der Waals surface area (Å²) >= 11 is 5.77. The lowest BCUT2D eigenvalue weighted by molar-refractivity contribution is -0.0509. The summed E-state index contributed by atoms with van der Waals surface area (Å²) in [6, 6.07) is 1.98. The van der Waals surface area contributed by atoms with Gasteiger partial charge in [-0.15, -0.1) is 0 Å². The van der Waals surface area contributed by atoms with Gasteiger partial charge in [-0.3, -0.25) is 9.59 Å². The Labute approximate surface area is 144 Å². The lowest BCUT2D eigenvalue weighted by atomic mass is 10.1. The van der Waals surface area contributed by atoms with Gasteiger partial charge in [0.1, 0.15) is 29.7 Å². The van der Waals surface area contributed by atoms with Crippen LogP contribution in [0.25, 0.3) is 10.9 Å². The fourth-order valence-corrected chi connectivity index (χ4v) is 3.00. The second-order valence-corrected chi connectivity index (χ2v) is 6.06. The molecule has 5 N–H and O–H groups in total. The molecule has 1 saturated heterocycles. The molecule has 3 rings (SSSR count). The number of aromatic nitrogens is 1. The standard InChI is InChI=1S/C15H14ClFN2O6/c16-7-2-9-5(1-8(7)17)11(21)6(14(18)24)3-19(9)15-13(23)12(22)10(4-20)25-15/h1-3,10,12-13,15,20,22-23H,4H2,(H2,18,24)/t10-,12-,13-,15-/m1/s1. The van der Waals surface area contributed by atoms with Crippen molar-refractivity contribution in [2.24, 2.45) is 5.73 Å². The van der Waals surface area contributed by atoms with E-state index in [-0.39, 0.29) is 15.9 Å². The van der Waals surface area contributed by atoms with E-state index in [1.54, 1.807) is 0 Å². The molecular weight excluding hydrogens is 359 g/mol. The summed E-state index contributed by atoms with van der Waals surface area (Å²) in [5.41, 5.74) is 4.00. The number of rotatable bonds is 3. The SMILES string of the molecule is NC(=O)c1cn([C@@H]2O[C@H](CO)[C@@H](O)[C@H]2O)c2cc(Cl)c(F)cc2c1=O. The second-order valence-electron chi connectivity index (χ2n) is 5.66. The van der Waals surface area contributed by atoms with E-state index in [0.717, 1.165) is 22.9 Å². The van der Waals surface area contributed by atoms with Crippen LogP contribution in [0.2, 0.25) is 5.02 Å². The monoisotopic (exact) mass is 372 g/mol. The Bertz CT molecular complexity index is 917. The molecule has 0 radical (unpaired) electrons. The van der Waals surface area contributed by atoms with E-state index in [2.05, 4.69) is 0 Å². The van der Waals surface area contributed by atoms with Crippen LogP contribution in [-0.2, 0) is 4.74 Å². The average Bonchev–Trinajstić information content (AvgIpc) is 2.85. The Kier molecular flexibility index (Phi) is 4.52. The van der Waals surface area contributed by atoms with E-state index in [1.165, 1.54) is 0 Å². The zero-order chi connectivity index (χ0) is 18.5. The lowest BCUT2D eigenvalue weighted by Gasteiger charge is -2.22. The fourth-order valence-electron chi connectivity index (χ4n) is 2.84. The van der Waals surface area contributed by atoms with E-state index in [0.29, 0.717) is 0 Å². The van der Waals surface area contributed by atoms with Crippen molar-refractivity contribution in [1.82, 2.24) is 4.57 Å². The van der Waals surface area contributed by atoms with Gasteiger partial charge in [0.2, 0.25) is 5.43 Å². The minimum atomic E-state index is -1.48. The van der Waals surface area contributed by atoms with Crippen LogP contribution in [0, 0.1) is 5.82 Å². The number of nitrogens with zero attached hydrogens (tertiary/aromatic N) is 1. The van der Waals surface area contributed by atoms with Crippen molar-refractivity contribution in [3.8, 4) is 0 Å². The van der Waals surface area contributed by atoms with Crippen molar-refractivity contribution >= 4 is 28.4 Å².